The zero-order chi connectivity index (χ0) is 31.0. The molecule has 2 aromatic carbocycles. The number of rotatable bonds is 11. The van der Waals surface area contributed by atoms with E-state index < -0.39 is 17.7 Å². The number of hydrogen-bond donors (Lipinski definition) is 0. The summed E-state index contributed by atoms with van der Waals surface area (Å²) in [7, 11) is 5.47. The number of carbonyl (C=O) groups is 1. The first-order chi connectivity index (χ1) is 20.6. The van der Waals surface area contributed by atoms with E-state index in [0.717, 1.165) is 18.3 Å². The predicted octanol–water partition coefficient (Wildman–Crippen LogP) is 5.10. The maximum atomic E-state index is 13.3. The number of halogens is 3. The number of methoxy groups -OCH3 is 4. The standard InChI is InChI=1S/C27H22F3N5O8/c1-37-19-12-20(38-2)33-25(32-19)41-17-9-6-10-18(42-26-34-21(39-3)13-22(35-26)40-4)23(17)24(36)43-31-14-15-7-5-8-16(11-15)27(28,29)30/h5-14H,1-4H3/b31-14+. The van der Waals surface area contributed by atoms with Crippen LogP contribution in [-0.4, -0.2) is 60.6 Å². The van der Waals surface area contributed by atoms with Crippen LogP contribution in [0.25, 0.3) is 0 Å². The molecule has 0 saturated heterocycles. The lowest BCUT2D eigenvalue weighted by atomic mass is 10.1. The van der Waals surface area contributed by atoms with Crippen molar-refractivity contribution < 1.29 is 51.2 Å². The molecule has 0 fully saturated rings. The molecule has 0 aliphatic rings. The molecule has 2 heterocycles. The first-order valence-electron chi connectivity index (χ1n) is 12.0. The fraction of sp³-hybridized carbons (Fsp3) is 0.185. The molecule has 0 bridgehead atoms. The molecule has 0 atom stereocenters. The van der Waals surface area contributed by atoms with E-state index in [4.69, 9.17) is 33.3 Å². The van der Waals surface area contributed by atoms with Crippen molar-refractivity contribution in [3.8, 4) is 47.0 Å². The lowest BCUT2D eigenvalue weighted by Gasteiger charge is -2.14. The highest BCUT2D eigenvalue weighted by molar-refractivity contribution is 5.96. The molecular formula is C27H22F3N5O8. The van der Waals surface area contributed by atoms with Crippen molar-refractivity contribution in [1.82, 2.24) is 19.9 Å². The largest absolute Gasteiger partial charge is 0.481 e. The monoisotopic (exact) mass is 601 g/mol. The average Bonchev–Trinajstić information content (AvgIpc) is 3.00. The summed E-state index contributed by atoms with van der Waals surface area (Å²) >= 11 is 0. The van der Waals surface area contributed by atoms with Gasteiger partial charge in [0.1, 0.15) is 17.1 Å². The Kier molecular flexibility index (Phi) is 9.39. The molecule has 0 amide bonds. The van der Waals surface area contributed by atoms with E-state index in [1.165, 1.54) is 70.9 Å². The van der Waals surface area contributed by atoms with Crippen LogP contribution in [0.3, 0.4) is 0 Å². The van der Waals surface area contributed by atoms with Crippen LogP contribution >= 0.6 is 0 Å². The molecule has 0 N–H and O–H groups in total. The summed E-state index contributed by atoms with van der Waals surface area (Å²) in [5.74, 6) is -1.06. The number of aromatic nitrogens is 4. The van der Waals surface area contributed by atoms with Crippen molar-refractivity contribution in [2.24, 2.45) is 5.16 Å². The molecule has 13 nitrogen and oxygen atoms in total. The van der Waals surface area contributed by atoms with E-state index in [2.05, 4.69) is 25.1 Å². The predicted molar refractivity (Wildman–Crippen MR) is 141 cm³/mol. The summed E-state index contributed by atoms with van der Waals surface area (Å²) in [6, 6.07) is 10.8. The molecule has 16 heteroatoms. The zero-order valence-corrected chi connectivity index (χ0v) is 22.9. The van der Waals surface area contributed by atoms with Gasteiger partial charge in [0.05, 0.1) is 52.3 Å². The van der Waals surface area contributed by atoms with E-state index in [0.29, 0.717) is 0 Å². The maximum Gasteiger partial charge on any atom is 0.416 e. The van der Waals surface area contributed by atoms with Gasteiger partial charge in [0, 0.05) is 0 Å². The van der Waals surface area contributed by atoms with Crippen molar-refractivity contribution in [1.29, 1.82) is 0 Å². The Morgan fingerprint density at radius 1 is 0.721 bits per heavy atom. The van der Waals surface area contributed by atoms with Gasteiger partial charge in [-0.2, -0.15) is 33.1 Å². The van der Waals surface area contributed by atoms with Gasteiger partial charge in [-0.05, 0) is 29.8 Å². The van der Waals surface area contributed by atoms with Gasteiger partial charge in [0.25, 0.3) is 0 Å². The Morgan fingerprint density at radius 3 is 1.63 bits per heavy atom. The number of carbonyl (C=O) groups excluding carboxylic acids is 1. The minimum Gasteiger partial charge on any atom is -0.481 e. The minimum atomic E-state index is -4.57. The second kappa shape index (κ2) is 13.3. The molecule has 4 aromatic rings. The Labute approximate surface area is 241 Å². The Bertz CT molecular complexity index is 1510. The topological polar surface area (TPSA) is 146 Å². The van der Waals surface area contributed by atoms with E-state index in [9.17, 15) is 18.0 Å². The number of alkyl halides is 3. The van der Waals surface area contributed by atoms with Gasteiger partial charge in [0.2, 0.25) is 23.5 Å². The summed E-state index contributed by atoms with van der Waals surface area (Å²) in [5.41, 5.74) is -1.21. The third kappa shape index (κ3) is 7.75. The molecule has 0 saturated carbocycles. The lowest BCUT2D eigenvalue weighted by molar-refractivity contribution is -0.137. The van der Waals surface area contributed by atoms with Gasteiger partial charge in [-0.3, -0.25) is 0 Å². The van der Waals surface area contributed by atoms with Gasteiger partial charge in [-0.25, -0.2) is 4.79 Å². The van der Waals surface area contributed by atoms with Crippen LogP contribution in [0.1, 0.15) is 21.5 Å². The van der Waals surface area contributed by atoms with Gasteiger partial charge in [0.15, 0.2) is 0 Å². The minimum absolute atomic E-state index is 0.0254. The maximum absolute atomic E-state index is 13.3. The zero-order valence-electron chi connectivity index (χ0n) is 22.9. The van der Waals surface area contributed by atoms with Crippen molar-refractivity contribution in [2.75, 3.05) is 28.4 Å². The highest BCUT2D eigenvalue weighted by Crippen LogP contribution is 2.35. The van der Waals surface area contributed by atoms with E-state index in [-0.39, 0.29) is 58.2 Å². The van der Waals surface area contributed by atoms with Gasteiger partial charge in [-0.15, -0.1) is 0 Å². The highest BCUT2D eigenvalue weighted by Gasteiger charge is 2.30. The van der Waals surface area contributed by atoms with Crippen LogP contribution in [0.5, 0.6) is 47.0 Å². The van der Waals surface area contributed by atoms with Crippen LogP contribution in [-0.2, 0) is 11.0 Å². The molecule has 43 heavy (non-hydrogen) atoms. The summed E-state index contributed by atoms with van der Waals surface area (Å²) in [5, 5.41) is 3.55. The molecular weight excluding hydrogens is 579 g/mol. The van der Waals surface area contributed by atoms with Crippen LogP contribution in [0.15, 0.2) is 59.8 Å². The number of ether oxygens (including phenoxy) is 6. The van der Waals surface area contributed by atoms with Crippen LogP contribution in [0, 0.1) is 0 Å². The summed E-state index contributed by atoms with van der Waals surface area (Å²) in [6.45, 7) is 0. The number of hydrogen-bond acceptors (Lipinski definition) is 13. The van der Waals surface area contributed by atoms with E-state index in [1.807, 2.05) is 0 Å². The molecule has 0 spiro atoms. The normalized spacial score (nSPS) is 11.1. The smallest absolute Gasteiger partial charge is 0.416 e. The summed E-state index contributed by atoms with van der Waals surface area (Å²) < 4.78 is 71.3. The van der Waals surface area contributed by atoms with Crippen molar-refractivity contribution in [3.63, 3.8) is 0 Å². The molecule has 2 aromatic heterocycles. The van der Waals surface area contributed by atoms with E-state index >= 15 is 0 Å². The molecule has 224 valence electrons. The Hall–Kier alpha value is -5.67. The van der Waals surface area contributed by atoms with Gasteiger partial charge in [-0.1, -0.05) is 23.4 Å². The van der Waals surface area contributed by atoms with Crippen molar-refractivity contribution in [2.45, 2.75) is 6.18 Å². The summed E-state index contributed by atoms with van der Waals surface area (Å²) in [4.78, 5) is 34.6. The van der Waals surface area contributed by atoms with Crippen LogP contribution in [0.4, 0.5) is 13.2 Å². The second-order valence-electron chi connectivity index (χ2n) is 8.04. The quantitative estimate of drug-likeness (QED) is 0.128. The van der Waals surface area contributed by atoms with Crippen LogP contribution < -0.4 is 28.4 Å². The number of benzene rings is 2. The second-order valence-corrected chi connectivity index (χ2v) is 8.04. The first kappa shape index (κ1) is 30.3. The molecule has 0 aliphatic heterocycles. The molecule has 0 unspecified atom stereocenters. The highest BCUT2D eigenvalue weighted by atomic mass is 19.4. The molecule has 0 radical (unpaired) electrons. The molecule has 0 aliphatic carbocycles. The van der Waals surface area contributed by atoms with Gasteiger partial charge >= 0.3 is 24.2 Å². The van der Waals surface area contributed by atoms with Crippen molar-refractivity contribution in [3.05, 3.63) is 71.3 Å². The average molecular weight is 601 g/mol. The van der Waals surface area contributed by atoms with E-state index in [1.54, 1.807) is 0 Å². The SMILES string of the molecule is COc1cc(OC)nc(Oc2cccc(Oc3nc(OC)cc(OC)n3)c2C(=O)O/N=C/c2cccc(C(F)(F)F)c2)n1. The number of nitrogens with zero attached hydrogens (tertiary/aromatic N) is 5. The van der Waals surface area contributed by atoms with Crippen LogP contribution in [0.2, 0.25) is 0 Å². The summed E-state index contributed by atoms with van der Waals surface area (Å²) in [6.07, 6.45) is -3.64. The van der Waals surface area contributed by atoms with Crippen molar-refractivity contribution >= 4 is 12.2 Å². The fourth-order valence-electron chi connectivity index (χ4n) is 3.33. The Morgan fingerprint density at radius 2 is 1.19 bits per heavy atom. The third-order valence-corrected chi connectivity index (χ3v) is 5.30. The lowest BCUT2D eigenvalue weighted by Crippen LogP contribution is -2.08. The van der Waals surface area contributed by atoms with Gasteiger partial charge < -0.3 is 33.3 Å². The molecule has 4 rings (SSSR count). The first-order valence-corrected chi connectivity index (χ1v) is 12.0. The third-order valence-electron chi connectivity index (χ3n) is 5.30. The Balaban J connectivity index is 1.71. The fourth-order valence-corrected chi connectivity index (χ4v) is 3.33. The number of oxime groups is 1.